The Bertz CT molecular complexity index is 446. The third kappa shape index (κ3) is 4.06. The van der Waals surface area contributed by atoms with E-state index in [0.717, 1.165) is 30.7 Å². The van der Waals surface area contributed by atoms with Crippen molar-refractivity contribution in [2.45, 2.75) is 39.2 Å². The Morgan fingerprint density at radius 1 is 1.20 bits per heavy atom. The van der Waals surface area contributed by atoms with E-state index in [1.165, 1.54) is 25.7 Å². The Morgan fingerprint density at radius 3 is 2.40 bits per heavy atom. The lowest BCUT2D eigenvalue weighted by atomic mass is 10.3. The molecule has 3 rings (SSSR count). The van der Waals surface area contributed by atoms with Gasteiger partial charge in [-0.25, -0.2) is 9.97 Å². The summed E-state index contributed by atoms with van der Waals surface area (Å²) in [4.78, 5) is 11.3. The van der Waals surface area contributed by atoms with Crippen molar-refractivity contribution >= 4 is 17.4 Å². The minimum atomic E-state index is 0.435. The van der Waals surface area contributed by atoms with Gasteiger partial charge in [0.05, 0.1) is 0 Å². The number of ether oxygens (including phenoxy) is 1. The first-order valence-electron chi connectivity index (χ1n) is 7.60. The molecule has 0 spiro atoms. The lowest BCUT2D eigenvalue weighted by molar-refractivity contribution is 0.128. The zero-order valence-corrected chi connectivity index (χ0v) is 12.8. The Labute approximate surface area is 125 Å². The average Bonchev–Trinajstić information content (AvgIpc) is 3.30. The summed E-state index contributed by atoms with van der Waals surface area (Å²) in [6, 6.07) is 1.89. The van der Waals surface area contributed by atoms with Crippen LogP contribution in [0.4, 0.5) is 5.82 Å². The third-order valence-corrected chi connectivity index (χ3v) is 4.03. The molecule has 2 aliphatic rings. The number of aromatic nitrogens is 2. The molecular formula is C15H22ClN3O. The molecule has 0 N–H and O–H groups in total. The van der Waals surface area contributed by atoms with E-state index in [1.807, 2.05) is 13.0 Å². The maximum atomic E-state index is 6.14. The second kappa shape index (κ2) is 6.27. The third-order valence-electron chi connectivity index (χ3n) is 3.84. The number of rotatable bonds is 8. The van der Waals surface area contributed by atoms with E-state index in [2.05, 4.69) is 14.9 Å². The number of halogens is 1. The van der Waals surface area contributed by atoms with E-state index in [4.69, 9.17) is 16.3 Å². The van der Waals surface area contributed by atoms with Gasteiger partial charge >= 0.3 is 0 Å². The van der Waals surface area contributed by atoms with Crippen molar-refractivity contribution in [3.8, 4) is 0 Å². The van der Waals surface area contributed by atoms with Gasteiger partial charge in [-0.05, 0) is 44.4 Å². The van der Waals surface area contributed by atoms with E-state index in [0.29, 0.717) is 24.2 Å². The first-order chi connectivity index (χ1) is 9.74. The molecule has 2 aliphatic carbocycles. The fraction of sp³-hybridized carbons (Fsp3) is 0.733. The van der Waals surface area contributed by atoms with Crippen molar-refractivity contribution in [3.05, 3.63) is 17.0 Å². The summed E-state index contributed by atoms with van der Waals surface area (Å²) in [7, 11) is 0. The number of hydrogen-bond donors (Lipinski definition) is 0. The highest BCUT2D eigenvalue weighted by Gasteiger charge is 2.30. The molecule has 2 fully saturated rings. The lowest BCUT2D eigenvalue weighted by Gasteiger charge is -2.24. The van der Waals surface area contributed by atoms with Crippen molar-refractivity contribution in [1.29, 1.82) is 0 Å². The van der Waals surface area contributed by atoms with Crippen LogP contribution in [-0.2, 0) is 11.3 Å². The predicted octanol–water partition coefficient (Wildman–Crippen LogP) is 3.29. The van der Waals surface area contributed by atoms with Gasteiger partial charge in [-0.15, -0.1) is 0 Å². The van der Waals surface area contributed by atoms with Crippen LogP contribution < -0.4 is 4.90 Å². The molecule has 0 unspecified atom stereocenters. The van der Waals surface area contributed by atoms with Crippen LogP contribution in [0.15, 0.2) is 6.07 Å². The van der Waals surface area contributed by atoms with Crippen molar-refractivity contribution in [2.75, 3.05) is 24.6 Å². The Kier molecular flexibility index (Phi) is 4.41. The van der Waals surface area contributed by atoms with Crippen LogP contribution >= 0.6 is 11.6 Å². The highest BCUT2D eigenvalue weighted by atomic mass is 35.5. The quantitative estimate of drug-likeness (QED) is 0.690. The van der Waals surface area contributed by atoms with Crippen LogP contribution in [0.5, 0.6) is 0 Å². The van der Waals surface area contributed by atoms with E-state index < -0.39 is 0 Å². The van der Waals surface area contributed by atoms with Crippen molar-refractivity contribution in [2.24, 2.45) is 11.8 Å². The SMILES string of the molecule is CCOCc1nc(Cl)cc(N(CC2CC2)CC2CC2)n1. The summed E-state index contributed by atoms with van der Waals surface area (Å²) < 4.78 is 5.39. The molecular weight excluding hydrogens is 274 g/mol. The van der Waals surface area contributed by atoms with Gasteiger partial charge in [-0.3, -0.25) is 0 Å². The standard InChI is InChI=1S/C15H22ClN3O/c1-2-20-10-14-17-13(16)7-15(18-14)19(8-11-3-4-11)9-12-5-6-12/h7,11-12H,2-6,8-10H2,1H3. The molecule has 1 aromatic heterocycles. The van der Waals surface area contributed by atoms with E-state index in [-0.39, 0.29) is 0 Å². The molecule has 0 aliphatic heterocycles. The maximum Gasteiger partial charge on any atom is 0.158 e. The summed E-state index contributed by atoms with van der Waals surface area (Å²) in [5.74, 6) is 3.35. The number of hydrogen-bond acceptors (Lipinski definition) is 4. The van der Waals surface area contributed by atoms with Crippen LogP contribution in [0.2, 0.25) is 5.15 Å². The summed E-state index contributed by atoms with van der Waals surface area (Å²) >= 11 is 6.14. The molecule has 1 aromatic rings. The molecule has 0 bridgehead atoms. The van der Waals surface area contributed by atoms with Gasteiger partial charge in [0, 0.05) is 25.8 Å². The molecule has 2 saturated carbocycles. The molecule has 4 nitrogen and oxygen atoms in total. The fourth-order valence-corrected chi connectivity index (χ4v) is 2.55. The second-order valence-corrected chi connectivity index (χ2v) is 6.28. The van der Waals surface area contributed by atoms with E-state index >= 15 is 0 Å². The number of anilines is 1. The first-order valence-corrected chi connectivity index (χ1v) is 7.98. The van der Waals surface area contributed by atoms with Gasteiger partial charge in [-0.2, -0.15) is 0 Å². The Morgan fingerprint density at radius 2 is 1.85 bits per heavy atom. The lowest BCUT2D eigenvalue weighted by Crippen LogP contribution is -2.29. The monoisotopic (exact) mass is 295 g/mol. The average molecular weight is 296 g/mol. The van der Waals surface area contributed by atoms with Gasteiger partial charge < -0.3 is 9.64 Å². The van der Waals surface area contributed by atoms with Gasteiger partial charge in [-0.1, -0.05) is 11.6 Å². The highest BCUT2D eigenvalue weighted by Crippen LogP contribution is 2.35. The normalized spacial score (nSPS) is 18.3. The van der Waals surface area contributed by atoms with Gasteiger partial charge in [0.25, 0.3) is 0 Å². The van der Waals surface area contributed by atoms with Crippen LogP contribution in [0.1, 0.15) is 38.4 Å². The van der Waals surface area contributed by atoms with Crippen LogP contribution in [0.25, 0.3) is 0 Å². The molecule has 0 radical (unpaired) electrons. The van der Waals surface area contributed by atoms with E-state index in [9.17, 15) is 0 Å². The Hall–Kier alpha value is -0.870. The molecule has 0 saturated heterocycles. The minimum Gasteiger partial charge on any atom is -0.374 e. The van der Waals surface area contributed by atoms with Crippen LogP contribution in [0.3, 0.4) is 0 Å². The molecule has 0 amide bonds. The first kappa shape index (κ1) is 14.1. The van der Waals surface area contributed by atoms with Crippen LogP contribution in [0, 0.1) is 11.8 Å². The summed E-state index contributed by atoms with van der Waals surface area (Å²) in [6.07, 6.45) is 5.41. The van der Waals surface area contributed by atoms with Crippen LogP contribution in [-0.4, -0.2) is 29.7 Å². The molecule has 110 valence electrons. The van der Waals surface area contributed by atoms with Crippen molar-refractivity contribution in [1.82, 2.24) is 9.97 Å². The summed E-state index contributed by atoms with van der Waals surface area (Å²) in [5, 5.41) is 0.515. The summed E-state index contributed by atoms with van der Waals surface area (Å²) in [5.41, 5.74) is 0. The van der Waals surface area contributed by atoms with Crippen molar-refractivity contribution in [3.63, 3.8) is 0 Å². The van der Waals surface area contributed by atoms with Gasteiger partial charge in [0.15, 0.2) is 5.82 Å². The smallest absolute Gasteiger partial charge is 0.158 e. The number of nitrogens with zero attached hydrogens (tertiary/aromatic N) is 3. The molecule has 0 atom stereocenters. The van der Waals surface area contributed by atoms with Gasteiger partial charge in [0.2, 0.25) is 0 Å². The summed E-state index contributed by atoms with van der Waals surface area (Å²) in [6.45, 7) is 5.29. The molecule has 1 heterocycles. The van der Waals surface area contributed by atoms with Crippen molar-refractivity contribution < 1.29 is 4.74 Å². The molecule has 20 heavy (non-hydrogen) atoms. The zero-order chi connectivity index (χ0) is 13.9. The highest BCUT2D eigenvalue weighted by molar-refractivity contribution is 6.29. The minimum absolute atomic E-state index is 0.435. The second-order valence-electron chi connectivity index (χ2n) is 5.89. The predicted molar refractivity (Wildman–Crippen MR) is 80.0 cm³/mol. The largest absolute Gasteiger partial charge is 0.374 e. The fourth-order valence-electron chi connectivity index (χ4n) is 2.36. The molecule has 0 aromatic carbocycles. The van der Waals surface area contributed by atoms with E-state index in [1.54, 1.807) is 0 Å². The van der Waals surface area contributed by atoms with Gasteiger partial charge in [0.1, 0.15) is 17.6 Å². The molecule has 5 heteroatoms. The Balaban J connectivity index is 1.74. The maximum absolute atomic E-state index is 6.14. The topological polar surface area (TPSA) is 38.2 Å². The zero-order valence-electron chi connectivity index (χ0n) is 12.0.